The summed E-state index contributed by atoms with van der Waals surface area (Å²) < 4.78 is 6.79. The molecule has 53 heavy (non-hydrogen) atoms. The van der Waals surface area contributed by atoms with E-state index in [1.54, 1.807) is 0 Å². The first-order chi connectivity index (χ1) is 26.3. The fraction of sp³-hybridized carbons (Fsp3) is 0.0784. The first kappa shape index (κ1) is 30.1. The number of allylic oxidation sites excluding steroid dienone is 1. The molecule has 2 nitrogen and oxygen atoms in total. The molecule has 11 rings (SSSR count). The predicted molar refractivity (Wildman–Crippen MR) is 220 cm³/mol. The summed E-state index contributed by atoms with van der Waals surface area (Å²) >= 11 is 0. The van der Waals surface area contributed by atoms with Gasteiger partial charge >= 0.3 is 0 Å². The van der Waals surface area contributed by atoms with Crippen LogP contribution in [0.2, 0.25) is 0 Å². The molecule has 0 spiro atoms. The van der Waals surface area contributed by atoms with Crippen molar-refractivity contribution in [3.05, 3.63) is 192 Å². The van der Waals surface area contributed by atoms with E-state index in [0.29, 0.717) is 11.8 Å². The third kappa shape index (κ3) is 4.90. The number of fused-ring (bicyclic) bond motifs is 9. The van der Waals surface area contributed by atoms with Crippen LogP contribution in [0.3, 0.4) is 0 Å². The van der Waals surface area contributed by atoms with Gasteiger partial charge in [-0.3, -0.25) is 0 Å². The van der Waals surface area contributed by atoms with Crippen LogP contribution >= 0.6 is 0 Å². The van der Waals surface area contributed by atoms with Crippen LogP contribution in [-0.2, 0) is 12.8 Å². The standard InChI is InChI=1S/C51H35NO/c1-3-13-33(14-4-1)47-31-37-24-23-35(28-45(37)50(52-47)34-15-5-2-6-16-34)40-20-11-21-43-46-29-36(26-27-48(46)53-51(40)43)44-30-38-25-22-32-12-7-8-17-39(32)49(38)42-19-10-9-18-41(42)44/h1-28,31,36,44H,29-30H2. The summed E-state index contributed by atoms with van der Waals surface area (Å²) in [6, 6.07) is 59.2. The molecule has 0 bridgehead atoms. The lowest BCUT2D eigenvalue weighted by molar-refractivity contribution is 0.487. The van der Waals surface area contributed by atoms with Gasteiger partial charge in [-0.05, 0) is 86.9 Å². The molecule has 0 saturated carbocycles. The Hall–Kier alpha value is -6.51. The van der Waals surface area contributed by atoms with Crippen molar-refractivity contribution in [2.24, 2.45) is 5.92 Å². The zero-order valence-electron chi connectivity index (χ0n) is 29.2. The van der Waals surface area contributed by atoms with E-state index in [4.69, 9.17) is 9.40 Å². The SMILES string of the molecule is C1=CC(C2Cc3ccc4ccccc4c3-c3ccccc32)Cc2c1oc1c(-c3ccc4cc(-c5ccccc5)nc(-c5ccccc5)c4c3)cccc21. The lowest BCUT2D eigenvalue weighted by Crippen LogP contribution is -2.22. The summed E-state index contributed by atoms with van der Waals surface area (Å²) in [5.74, 6) is 1.74. The Morgan fingerprint density at radius 3 is 2.15 bits per heavy atom. The fourth-order valence-corrected chi connectivity index (χ4v) is 9.12. The van der Waals surface area contributed by atoms with E-state index in [0.717, 1.165) is 63.2 Å². The van der Waals surface area contributed by atoms with Crippen LogP contribution in [0.1, 0.15) is 28.4 Å². The van der Waals surface area contributed by atoms with Gasteiger partial charge in [-0.1, -0.05) is 158 Å². The van der Waals surface area contributed by atoms with Gasteiger partial charge in [0, 0.05) is 33.0 Å². The first-order valence-electron chi connectivity index (χ1n) is 18.7. The highest BCUT2D eigenvalue weighted by Gasteiger charge is 2.33. The largest absolute Gasteiger partial charge is 0.456 e. The molecule has 2 heterocycles. The maximum Gasteiger partial charge on any atom is 0.142 e. The zero-order valence-corrected chi connectivity index (χ0v) is 29.2. The lowest BCUT2D eigenvalue weighted by atomic mass is 9.69. The normalized spacial score (nSPS) is 16.1. The van der Waals surface area contributed by atoms with E-state index in [2.05, 4.69) is 170 Å². The summed E-state index contributed by atoms with van der Waals surface area (Å²) in [5, 5.41) is 6.16. The molecule has 0 fully saturated rings. The first-order valence-corrected chi connectivity index (χ1v) is 18.7. The van der Waals surface area contributed by atoms with Crippen LogP contribution in [0, 0.1) is 5.92 Å². The van der Waals surface area contributed by atoms with Crippen molar-refractivity contribution in [2.45, 2.75) is 18.8 Å². The van der Waals surface area contributed by atoms with Crippen LogP contribution in [0.4, 0.5) is 0 Å². The second kappa shape index (κ2) is 12.0. The third-order valence-electron chi connectivity index (χ3n) is 11.6. The molecule has 0 radical (unpaired) electrons. The lowest BCUT2D eigenvalue weighted by Gasteiger charge is -2.34. The van der Waals surface area contributed by atoms with Crippen LogP contribution in [0.5, 0.6) is 0 Å². The number of benzene rings is 7. The Balaban J connectivity index is 0.990. The van der Waals surface area contributed by atoms with Gasteiger partial charge < -0.3 is 4.42 Å². The van der Waals surface area contributed by atoms with Gasteiger partial charge in [0.25, 0.3) is 0 Å². The molecule has 0 aliphatic heterocycles. The Labute approximate surface area is 308 Å². The van der Waals surface area contributed by atoms with Crippen molar-refractivity contribution in [3.63, 3.8) is 0 Å². The fourth-order valence-electron chi connectivity index (χ4n) is 9.12. The van der Waals surface area contributed by atoms with Gasteiger partial charge in [-0.25, -0.2) is 4.98 Å². The number of pyridine rings is 1. The van der Waals surface area contributed by atoms with Crippen molar-refractivity contribution in [1.82, 2.24) is 4.98 Å². The molecule has 0 saturated heterocycles. The highest BCUT2D eigenvalue weighted by Crippen LogP contribution is 2.49. The highest BCUT2D eigenvalue weighted by molar-refractivity contribution is 6.03. The van der Waals surface area contributed by atoms with E-state index in [1.807, 2.05) is 6.07 Å². The second-order valence-corrected chi connectivity index (χ2v) is 14.6. The summed E-state index contributed by atoms with van der Waals surface area (Å²) in [7, 11) is 0. The Morgan fingerprint density at radius 2 is 1.26 bits per heavy atom. The summed E-state index contributed by atoms with van der Waals surface area (Å²) in [4.78, 5) is 5.26. The summed E-state index contributed by atoms with van der Waals surface area (Å²) in [6.07, 6.45) is 6.64. The number of aromatic nitrogens is 1. The topological polar surface area (TPSA) is 26.0 Å². The van der Waals surface area contributed by atoms with Gasteiger partial charge in [0.05, 0.1) is 11.4 Å². The Kier molecular flexibility index (Phi) is 6.85. The van der Waals surface area contributed by atoms with Crippen molar-refractivity contribution in [2.75, 3.05) is 0 Å². The minimum absolute atomic E-state index is 0.367. The molecule has 2 aromatic heterocycles. The molecular formula is C51H35NO. The van der Waals surface area contributed by atoms with Crippen LogP contribution in [0.15, 0.2) is 174 Å². The average molecular weight is 678 g/mol. The zero-order chi connectivity index (χ0) is 34.9. The molecule has 2 aliphatic rings. The van der Waals surface area contributed by atoms with E-state index < -0.39 is 0 Å². The van der Waals surface area contributed by atoms with Crippen molar-refractivity contribution < 1.29 is 4.42 Å². The number of hydrogen-bond donors (Lipinski definition) is 0. The van der Waals surface area contributed by atoms with Gasteiger partial charge in [0.1, 0.15) is 11.3 Å². The van der Waals surface area contributed by atoms with Crippen LogP contribution in [-0.4, -0.2) is 4.98 Å². The Bertz CT molecular complexity index is 2900. The molecule has 7 aromatic carbocycles. The van der Waals surface area contributed by atoms with E-state index in [-0.39, 0.29) is 0 Å². The van der Waals surface area contributed by atoms with E-state index in [9.17, 15) is 0 Å². The summed E-state index contributed by atoms with van der Waals surface area (Å²) in [5.41, 5.74) is 14.4. The molecule has 0 N–H and O–H groups in total. The minimum Gasteiger partial charge on any atom is -0.456 e. The Morgan fingerprint density at radius 1 is 0.528 bits per heavy atom. The van der Waals surface area contributed by atoms with Crippen molar-refractivity contribution in [3.8, 4) is 44.8 Å². The highest BCUT2D eigenvalue weighted by atomic mass is 16.3. The molecule has 0 amide bonds. The minimum atomic E-state index is 0.367. The smallest absolute Gasteiger partial charge is 0.142 e. The maximum atomic E-state index is 6.79. The molecule has 2 heteroatoms. The maximum absolute atomic E-state index is 6.79. The van der Waals surface area contributed by atoms with Crippen molar-refractivity contribution >= 4 is 38.6 Å². The van der Waals surface area contributed by atoms with Crippen molar-refractivity contribution in [1.29, 1.82) is 0 Å². The van der Waals surface area contributed by atoms with Crippen LogP contribution < -0.4 is 0 Å². The number of rotatable bonds is 4. The predicted octanol–water partition coefficient (Wildman–Crippen LogP) is 13.3. The number of para-hydroxylation sites is 1. The van der Waals surface area contributed by atoms with Gasteiger partial charge in [0.2, 0.25) is 0 Å². The second-order valence-electron chi connectivity index (χ2n) is 14.6. The van der Waals surface area contributed by atoms with Gasteiger partial charge in [-0.2, -0.15) is 0 Å². The molecule has 2 atom stereocenters. The van der Waals surface area contributed by atoms with E-state index in [1.165, 1.54) is 49.4 Å². The number of furan rings is 1. The number of hydrogen-bond acceptors (Lipinski definition) is 2. The number of nitrogens with zero attached hydrogens (tertiary/aromatic N) is 1. The van der Waals surface area contributed by atoms with Crippen LogP contribution in [0.25, 0.3) is 83.4 Å². The molecule has 2 aliphatic carbocycles. The van der Waals surface area contributed by atoms with Gasteiger partial charge in [0.15, 0.2) is 0 Å². The molecule has 250 valence electrons. The summed E-state index contributed by atoms with van der Waals surface area (Å²) in [6.45, 7) is 0. The quantitative estimate of drug-likeness (QED) is 0.185. The van der Waals surface area contributed by atoms with Gasteiger partial charge in [-0.15, -0.1) is 0 Å². The monoisotopic (exact) mass is 677 g/mol. The average Bonchev–Trinajstić information content (AvgIpc) is 3.61. The molecular weight excluding hydrogens is 643 g/mol. The third-order valence-corrected chi connectivity index (χ3v) is 11.6. The molecule has 9 aromatic rings. The van der Waals surface area contributed by atoms with E-state index >= 15 is 0 Å². The molecule has 2 unspecified atom stereocenters.